The Bertz CT molecular complexity index is 865. The van der Waals surface area contributed by atoms with Crippen molar-refractivity contribution in [1.29, 1.82) is 5.26 Å². The first-order valence-electron chi connectivity index (χ1n) is 11.6. The van der Waals surface area contributed by atoms with Gasteiger partial charge in [-0.1, -0.05) is 0 Å². The minimum atomic E-state index is -0.524. The highest BCUT2D eigenvalue weighted by Gasteiger charge is 2.38. The molecule has 2 bridgehead atoms. The predicted molar refractivity (Wildman–Crippen MR) is 126 cm³/mol. The minimum Gasteiger partial charge on any atom is -0.492 e. The summed E-state index contributed by atoms with van der Waals surface area (Å²) < 4.78 is 17.3. The largest absolute Gasteiger partial charge is 0.492 e. The van der Waals surface area contributed by atoms with E-state index in [-0.39, 0.29) is 24.3 Å². The van der Waals surface area contributed by atoms with E-state index in [0.717, 1.165) is 0 Å². The van der Waals surface area contributed by atoms with Gasteiger partial charge in [-0.05, 0) is 45.0 Å². The Morgan fingerprint density at radius 3 is 2.35 bits per heavy atom. The molecule has 2 fully saturated rings. The van der Waals surface area contributed by atoms with E-state index < -0.39 is 5.60 Å². The molecular weight excluding hydrogens is 438 g/mol. The molecule has 0 radical (unpaired) electrons. The number of nitriles is 1. The average molecular weight is 474 g/mol. The molecule has 3 rings (SSSR count). The molecule has 0 spiro atoms. The topological polar surface area (TPSA) is 107 Å². The summed E-state index contributed by atoms with van der Waals surface area (Å²) in [5.41, 5.74) is 0.0488. The second-order valence-electron chi connectivity index (χ2n) is 9.55. The fraction of sp³-hybridized carbons (Fsp3) is 0.625. The third-order valence-corrected chi connectivity index (χ3v) is 5.61. The van der Waals surface area contributed by atoms with Crippen molar-refractivity contribution in [3.63, 3.8) is 0 Å². The molecule has 1 aromatic carbocycles. The van der Waals surface area contributed by atoms with E-state index in [1.165, 1.54) is 0 Å². The molecule has 0 aromatic heterocycles. The zero-order valence-electron chi connectivity index (χ0n) is 20.5. The first-order chi connectivity index (χ1) is 16.2. The van der Waals surface area contributed by atoms with E-state index in [4.69, 9.17) is 19.5 Å². The maximum Gasteiger partial charge on any atom is 0.410 e. The standard InChI is InChI=1S/C24H35N5O5/c1-24(2,3)34-23(31)29-16-20-14-27(15-21(17-29)33-20)9-10-28(22(30)26-4)11-12-32-19-7-5-18(13-25)6-8-19/h5-8,20-21H,9-12,14-17H2,1-4H3,(H,26,30). The van der Waals surface area contributed by atoms with Crippen molar-refractivity contribution in [1.82, 2.24) is 20.0 Å². The lowest BCUT2D eigenvalue weighted by Gasteiger charge is -2.46. The normalized spacial score (nSPS) is 20.3. The molecule has 2 unspecified atom stereocenters. The second-order valence-corrected chi connectivity index (χ2v) is 9.55. The Balaban J connectivity index is 1.46. The second kappa shape index (κ2) is 11.4. The Hall–Kier alpha value is -3.03. The van der Waals surface area contributed by atoms with E-state index in [1.807, 2.05) is 20.8 Å². The van der Waals surface area contributed by atoms with Crippen LogP contribution < -0.4 is 10.1 Å². The molecule has 1 aromatic rings. The smallest absolute Gasteiger partial charge is 0.410 e. The van der Waals surface area contributed by atoms with Crippen molar-refractivity contribution in [3.8, 4) is 11.8 Å². The summed E-state index contributed by atoms with van der Waals surface area (Å²) >= 11 is 0. The minimum absolute atomic E-state index is 0.0758. The van der Waals surface area contributed by atoms with Crippen molar-refractivity contribution >= 4 is 12.1 Å². The maximum atomic E-state index is 12.4. The molecule has 2 heterocycles. The molecule has 2 atom stereocenters. The van der Waals surface area contributed by atoms with E-state index >= 15 is 0 Å². The van der Waals surface area contributed by atoms with Crippen LogP contribution in [0.3, 0.4) is 0 Å². The first-order valence-corrected chi connectivity index (χ1v) is 11.6. The van der Waals surface area contributed by atoms with Crippen molar-refractivity contribution in [3.05, 3.63) is 29.8 Å². The van der Waals surface area contributed by atoms with Gasteiger partial charge in [-0.25, -0.2) is 9.59 Å². The molecular formula is C24H35N5O5. The molecule has 3 amide bonds. The van der Waals surface area contributed by atoms with Gasteiger partial charge in [-0.2, -0.15) is 5.26 Å². The SMILES string of the molecule is CNC(=O)N(CCOc1ccc(C#N)cc1)CCN1CC2CN(C(=O)OC(C)(C)C)CC(C1)O2. The third-order valence-electron chi connectivity index (χ3n) is 5.61. The van der Waals surface area contributed by atoms with Gasteiger partial charge in [0.1, 0.15) is 18.0 Å². The first kappa shape index (κ1) is 25.6. The van der Waals surface area contributed by atoms with Crippen molar-refractivity contribution in [2.75, 3.05) is 59.5 Å². The van der Waals surface area contributed by atoms with Gasteiger partial charge < -0.3 is 29.3 Å². The summed E-state index contributed by atoms with van der Waals surface area (Å²) in [5, 5.41) is 11.6. The summed E-state index contributed by atoms with van der Waals surface area (Å²) in [5.74, 6) is 0.659. The lowest BCUT2D eigenvalue weighted by Crippen LogP contribution is -2.61. The molecule has 2 saturated heterocycles. The molecule has 10 nitrogen and oxygen atoms in total. The van der Waals surface area contributed by atoms with Crippen LogP contribution in [-0.2, 0) is 9.47 Å². The fourth-order valence-electron chi connectivity index (χ4n) is 4.07. The number of urea groups is 1. The number of carbonyl (C=O) groups excluding carboxylic acids is 2. The maximum absolute atomic E-state index is 12.4. The van der Waals surface area contributed by atoms with Gasteiger partial charge in [0.15, 0.2) is 0 Å². The van der Waals surface area contributed by atoms with E-state index in [1.54, 1.807) is 41.1 Å². The lowest BCUT2D eigenvalue weighted by atomic mass is 10.1. The molecule has 2 aliphatic rings. The molecule has 186 valence electrons. The number of benzene rings is 1. The number of nitrogens with one attached hydrogen (secondary N) is 1. The summed E-state index contributed by atoms with van der Waals surface area (Å²) in [6.45, 7) is 10.0. The summed E-state index contributed by atoms with van der Waals surface area (Å²) in [6.07, 6.45) is -0.450. The Morgan fingerprint density at radius 2 is 1.79 bits per heavy atom. The predicted octanol–water partition coefficient (Wildman–Crippen LogP) is 1.90. The van der Waals surface area contributed by atoms with Crippen molar-refractivity contribution in [2.24, 2.45) is 0 Å². The van der Waals surface area contributed by atoms with E-state index in [2.05, 4.69) is 16.3 Å². The number of carbonyl (C=O) groups is 2. The number of ether oxygens (including phenoxy) is 3. The van der Waals surface area contributed by atoms with Gasteiger partial charge in [0, 0.05) is 33.2 Å². The molecule has 10 heteroatoms. The summed E-state index contributed by atoms with van der Waals surface area (Å²) in [6, 6.07) is 8.81. The quantitative estimate of drug-likeness (QED) is 0.644. The van der Waals surface area contributed by atoms with Crippen LogP contribution >= 0.6 is 0 Å². The van der Waals surface area contributed by atoms with Crippen LogP contribution in [-0.4, -0.2) is 104 Å². The molecule has 0 aliphatic carbocycles. The van der Waals surface area contributed by atoms with Crippen LogP contribution in [0.5, 0.6) is 5.75 Å². The van der Waals surface area contributed by atoms with Crippen LogP contribution in [0.15, 0.2) is 24.3 Å². The van der Waals surface area contributed by atoms with Gasteiger partial charge in [0.25, 0.3) is 0 Å². The molecule has 1 N–H and O–H groups in total. The average Bonchev–Trinajstić information content (AvgIpc) is 2.79. The van der Waals surface area contributed by atoms with Crippen LogP contribution in [0.25, 0.3) is 0 Å². The lowest BCUT2D eigenvalue weighted by molar-refractivity contribution is -0.136. The third kappa shape index (κ3) is 7.50. The fourth-order valence-corrected chi connectivity index (χ4v) is 4.07. The van der Waals surface area contributed by atoms with E-state index in [9.17, 15) is 9.59 Å². The van der Waals surface area contributed by atoms with E-state index in [0.29, 0.717) is 63.7 Å². The van der Waals surface area contributed by atoms with Gasteiger partial charge >= 0.3 is 12.1 Å². The van der Waals surface area contributed by atoms with Crippen LogP contribution in [0.1, 0.15) is 26.3 Å². The zero-order chi connectivity index (χ0) is 24.7. The van der Waals surface area contributed by atoms with Gasteiger partial charge in [-0.3, -0.25) is 4.90 Å². The van der Waals surface area contributed by atoms with Crippen LogP contribution in [0.2, 0.25) is 0 Å². The highest BCUT2D eigenvalue weighted by molar-refractivity contribution is 5.73. The molecule has 34 heavy (non-hydrogen) atoms. The van der Waals surface area contributed by atoms with Crippen molar-refractivity contribution < 1.29 is 23.8 Å². The van der Waals surface area contributed by atoms with Gasteiger partial charge in [-0.15, -0.1) is 0 Å². The summed E-state index contributed by atoms with van der Waals surface area (Å²) in [7, 11) is 1.61. The Morgan fingerprint density at radius 1 is 1.15 bits per heavy atom. The number of morpholine rings is 2. The van der Waals surface area contributed by atoms with Gasteiger partial charge in [0.2, 0.25) is 0 Å². The zero-order valence-corrected chi connectivity index (χ0v) is 20.5. The number of hydrogen-bond acceptors (Lipinski definition) is 7. The van der Waals surface area contributed by atoms with Crippen molar-refractivity contribution in [2.45, 2.75) is 38.6 Å². The number of hydrogen-bond donors (Lipinski definition) is 1. The van der Waals surface area contributed by atoms with Crippen LogP contribution in [0, 0.1) is 11.3 Å². The number of amides is 3. The Labute approximate surface area is 201 Å². The number of rotatable bonds is 7. The summed E-state index contributed by atoms with van der Waals surface area (Å²) in [4.78, 5) is 30.5. The monoisotopic (exact) mass is 473 g/mol. The van der Waals surface area contributed by atoms with Crippen LogP contribution in [0.4, 0.5) is 9.59 Å². The highest BCUT2D eigenvalue weighted by atomic mass is 16.6. The number of nitrogens with zero attached hydrogens (tertiary/aromatic N) is 4. The molecule has 0 saturated carbocycles. The van der Waals surface area contributed by atoms with Gasteiger partial charge in [0.05, 0.1) is 43.5 Å². The highest BCUT2D eigenvalue weighted by Crippen LogP contribution is 2.21. The Kier molecular flexibility index (Phi) is 8.58. The number of fused-ring (bicyclic) bond motifs is 2. The molecule has 2 aliphatic heterocycles.